The van der Waals surface area contributed by atoms with Crippen molar-refractivity contribution in [3.8, 4) is 6.07 Å². The van der Waals surface area contributed by atoms with Crippen LogP contribution >= 0.6 is 11.3 Å². The SMILES string of the molecule is CC(C)(C)[C@@H]1CCc2c(sc(NC(=O)COC(=O)c3ccccn3)c2C#N)C1. The lowest BCUT2D eigenvalue weighted by molar-refractivity contribution is -0.119. The number of pyridine rings is 1. The van der Waals surface area contributed by atoms with Gasteiger partial charge >= 0.3 is 5.97 Å². The number of thiophene rings is 1. The highest BCUT2D eigenvalue weighted by Gasteiger charge is 2.32. The number of rotatable bonds is 4. The van der Waals surface area contributed by atoms with E-state index in [0.717, 1.165) is 24.8 Å². The van der Waals surface area contributed by atoms with E-state index < -0.39 is 18.5 Å². The number of nitrogens with one attached hydrogen (secondary N) is 1. The van der Waals surface area contributed by atoms with Crippen LogP contribution in [0, 0.1) is 22.7 Å². The number of carbonyl (C=O) groups excluding carboxylic acids is 2. The molecule has 0 fully saturated rings. The number of fused-ring (bicyclic) bond motifs is 1. The number of carbonyl (C=O) groups is 2. The minimum Gasteiger partial charge on any atom is -0.451 e. The topological polar surface area (TPSA) is 92.1 Å². The molecule has 0 saturated heterocycles. The van der Waals surface area contributed by atoms with E-state index in [4.69, 9.17) is 4.74 Å². The number of nitriles is 1. The Kier molecular flexibility index (Phi) is 5.80. The van der Waals surface area contributed by atoms with E-state index in [1.807, 2.05) is 0 Å². The molecule has 0 saturated carbocycles. The van der Waals surface area contributed by atoms with Crippen LogP contribution in [0.15, 0.2) is 24.4 Å². The summed E-state index contributed by atoms with van der Waals surface area (Å²) in [5.41, 5.74) is 1.94. The molecule has 0 bridgehead atoms. The molecule has 2 aromatic rings. The number of hydrogen-bond acceptors (Lipinski definition) is 6. The summed E-state index contributed by atoms with van der Waals surface area (Å²) < 4.78 is 5.01. The second-order valence-electron chi connectivity index (χ2n) is 7.96. The van der Waals surface area contributed by atoms with Crippen LogP contribution in [0.5, 0.6) is 0 Å². The number of ether oxygens (including phenoxy) is 1. The summed E-state index contributed by atoms with van der Waals surface area (Å²) in [5, 5.41) is 12.9. The van der Waals surface area contributed by atoms with Crippen molar-refractivity contribution >= 4 is 28.2 Å². The van der Waals surface area contributed by atoms with Crippen molar-refractivity contribution in [3.63, 3.8) is 0 Å². The Hall–Kier alpha value is -2.72. The molecule has 0 aliphatic heterocycles. The van der Waals surface area contributed by atoms with E-state index in [-0.39, 0.29) is 11.1 Å². The molecule has 146 valence electrons. The highest BCUT2D eigenvalue weighted by atomic mass is 32.1. The van der Waals surface area contributed by atoms with Crippen molar-refractivity contribution in [1.82, 2.24) is 4.98 Å². The minimum absolute atomic E-state index is 0.146. The first kappa shape index (κ1) is 20.0. The molecule has 3 rings (SSSR count). The van der Waals surface area contributed by atoms with Gasteiger partial charge in [0.1, 0.15) is 16.8 Å². The summed E-state index contributed by atoms with van der Waals surface area (Å²) >= 11 is 1.46. The van der Waals surface area contributed by atoms with Gasteiger partial charge < -0.3 is 10.1 Å². The molecule has 6 nitrogen and oxygen atoms in total. The van der Waals surface area contributed by atoms with Gasteiger partial charge in [-0.2, -0.15) is 5.26 Å². The summed E-state index contributed by atoms with van der Waals surface area (Å²) in [4.78, 5) is 29.2. The molecule has 1 atom stereocenters. The van der Waals surface area contributed by atoms with Gasteiger partial charge in [-0.3, -0.25) is 4.79 Å². The lowest BCUT2D eigenvalue weighted by Crippen LogP contribution is -2.26. The second-order valence-corrected chi connectivity index (χ2v) is 9.07. The van der Waals surface area contributed by atoms with Crippen LogP contribution in [0.1, 0.15) is 53.7 Å². The van der Waals surface area contributed by atoms with Crippen LogP contribution in [-0.2, 0) is 22.4 Å². The molecule has 1 amide bonds. The fourth-order valence-electron chi connectivity index (χ4n) is 3.38. The van der Waals surface area contributed by atoms with E-state index in [9.17, 15) is 14.9 Å². The zero-order valence-corrected chi connectivity index (χ0v) is 17.1. The maximum absolute atomic E-state index is 12.2. The Morgan fingerprint density at radius 2 is 2.18 bits per heavy atom. The van der Waals surface area contributed by atoms with E-state index in [1.54, 1.807) is 12.1 Å². The first-order valence-corrected chi connectivity index (χ1v) is 10.0. The second kappa shape index (κ2) is 8.11. The largest absolute Gasteiger partial charge is 0.451 e. The molecule has 7 heteroatoms. The maximum Gasteiger partial charge on any atom is 0.357 e. The molecular weight excluding hydrogens is 374 g/mol. The van der Waals surface area contributed by atoms with E-state index in [0.29, 0.717) is 16.5 Å². The minimum atomic E-state index is -0.658. The standard InChI is InChI=1S/C21H23N3O3S/c1-21(2,3)13-7-8-14-15(11-22)19(28-17(14)10-13)24-18(25)12-27-20(26)16-6-4-5-9-23-16/h4-6,9,13H,7-8,10,12H2,1-3H3,(H,24,25)/t13-/m1/s1. The Bertz CT molecular complexity index is 923. The van der Waals surface area contributed by atoms with Gasteiger partial charge in [-0.1, -0.05) is 26.8 Å². The summed E-state index contributed by atoms with van der Waals surface area (Å²) in [6, 6.07) is 7.11. The number of aromatic nitrogens is 1. The predicted molar refractivity (Wildman–Crippen MR) is 107 cm³/mol. The van der Waals surface area contributed by atoms with Gasteiger partial charge in [0.05, 0.1) is 5.56 Å². The summed E-state index contributed by atoms with van der Waals surface area (Å²) in [6.45, 7) is 6.29. The Balaban J connectivity index is 1.66. The maximum atomic E-state index is 12.2. The molecule has 1 N–H and O–H groups in total. The van der Waals surface area contributed by atoms with Crippen LogP contribution in [0.4, 0.5) is 5.00 Å². The normalized spacial score (nSPS) is 16.0. The molecule has 0 spiro atoms. The molecule has 2 heterocycles. The van der Waals surface area contributed by atoms with E-state index in [2.05, 4.69) is 37.1 Å². The predicted octanol–water partition coefficient (Wildman–Crippen LogP) is 3.96. The number of esters is 1. The van der Waals surface area contributed by atoms with Crippen LogP contribution in [0.3, 0.4) is 0 Å². The van der Waals surface area contributed by atoms with Crippen LogP contribution in [-0.4, -0.2) is 23.5 Å². The quantitative estimate of drug-likeness (QED) is 0.789. The summed E-state index contributed by atoms with van der Waals surface area (Å²) in [5.74, 6) is -0.574. The van der Waals surface area contributed by atoms with Crippen molar-refractivity contribution in [2.24, 2.45) is 11.3 Å². The van der Waals surface area contributed by atoms with Crippen molar-refractivity contribution < 1.29 is 14.3 Å². The molecule has 1 aliphatic carbocycles. The van der Waals surface area contributed by atoms with Crippen molar-refractivity contribution in [2.75, 3.05) is 11.9 Å². The number of nitrogens with zero attached hydrogens (tertiary/aromatic N) is 2. The van der Waals surface area contributed by atoms with Crippen molar-refractivity contribution in [1.29, 1.82) is 5.26 Å². The van der Waals surface area contributed by atoms with Crippen LogP contribution < -0.4 is 5.32 Å². The van der Waals surface area contributed by atoms with Gasteiger partial charge in [0.25, 0.3) is 5.91 Å². The van der Waals surface area contributed by atoms with Gasteiger partial charge in [0.2, 0.25) is 0 Å². The lowest BCUT2D eigenvalue weighted by Gasteiger charge is -2.33. The fourth-order valence-corrected chi connectivity index (χ4v) is 4.68. The smallest absolute Gasteiger partial charge is 0.357 e. The van der Waals surface area contributed by atoms with E-state index >= 15 is 0 Å². The molecule has 0 radical (unpaired) electrons. The van der Waals surface area contributed by atoms with Gasteiger partial charge in [-0.05, 0) is 48.3 Å². The monoisotopic (exact) mass is 397 g/mol. The van der Waals surface area contributed by atoms with Crippen molar-refractivity contribution in [2.45, 2.75) is 40.0 Å². The first-order valence-electron chi connectivity index (χ1n) is 9.22. The average molecular weight is 398 g/mol. The molecular formula is C21H23N3O3S. The Morgan fingerprint density at radius 1 is 1.39 bits per heavy atom. The molecule has 28 heavy (non-hydrogen) atoms. The summed E-state index contributed by atoms with van der Waals surface area (Å²) in [6.07, 6.45) is 4.29. The molecule has 0 aromatic carbocycles. The van der Waals surface area contributed by atoms with Gasteiger partial charge in [-0.15, -0.1) is 11.3 Å². The van der Waals surface area contributed by atoms with Gasteiger partial charge in [0.15, 0.2) is 6.61 Å². The molecule has 2 aromatic heterocycles. The highest BCUT2D eigenvalue weighted by molar-refractivity contribution is 7.16. The van der Waals surface area contributed by atoms with Crippen LogP contribution in [0.25, 0.3) is 0 Å². The first-order chi connectivity index (χ1) is 13.3. The van der Waals surface area contributed by atoms with Gasteiger partial charge in [0, 0.05) is 11.1 Å². The van der Waals surface area contributed by atoms with Crippen molar-refractivity contribution in [3.05, 3.63) is 46.1 Å². The third-order valence-corrected chi connectivity index (χ3v) is 6.23. The number of anilines is 1. The van der Waals surface area contributed by atoms with Gasteiger partial charge in [-0.25, -0.2) is 9.78 Å². The highest BCUT2D eigenvalue weighted by Crippen LogP contribution is 2.43. The Labute approximate surface area is 168 Å². The zero-order chi connectivity index (χ0) is 20.3. The fraction of sp³-hybridized carbons (Fsp3) is 0.429. The molecule has 1 aliphatic rings. The molecule has 0 unspecified atom stereocenters. The lowest BCUT2D eigenvalue weighted by atomic mass is 9.72. The Morgan fingerprint density at radius 3 is 2.82 bits per heavy atom. The third kappa shape index (κ3) is 4.39. The average Bonchev–Trinajstić information content (AvgIpc) is 3.02. The van der Waals surface area contributed by atoms with Crippen LogP contribution in [0.2, 0.25) is 0 Å². The summed E-state index contributed by atoms with van der Waals surface area (Å²) in [7, 11) is 0. The number of amides is 1. The third-order valence-electron chi connectivity index (χ3n) is 5.06. The number of hydrogen-bond donors (Lipinski definition) is 1. The zero-order valence-electron chi connectivity index (χ0n) is 16.2. The van der Waals surface area contributed by atoms with E-state index in [1.165, 1.54) is 28.5 Å².